The average Bonchev–Trinajstić information content (AvgIpc) is 2.59. The zero-order chi connectivity index (χ0) is 17.6. The molecule has 1 fully saturated rings. The number of rotatable bonds is 8. The van der Waals surface area contributed by atoms with E-state index in [1.54, 1.807) is 13.8 Å². The number of piperazine rings is 1. The predicted octanol–water partition coefficient (Wildman–Crippen LogP) is 1.99. The molecule has 0 saturated carbocycles. The lowest BCUT2D eigenvalue weighted by Crippen LogP contribution is -2.58. The van der Waals surface area contributed by atoms with Crippen molar-refractivity contribution in [3.8, 4) is 0 Å². The number of hydrogen-bond donors (Lipinski definition) is 1. The summed E-state index contributed by atoms with van der Waals surface area (Å²) in [4.78, 5) is 18.4. The van der Waals surface area contributed by atoms with Crippen molar-refractivity contribution in [3.05, 3.63) is 35.9 Å². The molecule has 2 rings (SSSR count). The quantitative estimate of drug-likeness (QED) is 0.788. The first kappa shape index (κ1) is 18.9. The predicted molar refractivity (Wildman–Crippen MR) is 97.1 cm³/mol. The molecular formula is C19H31N3O2. The van der Waals surface area contributed by atoms with Crippen molar-refractivity contribution in [3.63, 3.8) is 0 Å². The summed E-state index contributed by atoms with van der Waals surface area (Å²) in [6.45, 7) is 13.5. The summed E-state index contributed by atoms with van der Waals surface area (Å²) in [5.41, 5.74) is 0.585. The van der Waals surface area contributed by atoms with E-state index in [1.807, 2.05) is 0 Å². The van der Waals surface area contributed by atoms with E-state index < -0.39 is 11.5 Å². The fourth-order valence-corrected chi connectivity index (χ4v) is 3.14. The molecule has 0 unspecified atom stereocenters. The minimum atomic E-state index is -0.769. The van der Waals surface area contributed by atoms with Crippen molar-refractivity contribution in [2.45, 2.75) is 32.9 Å². The highest BCUT2D eigenvalue weighted by Crippen LogP contribution is 2.17. The normalized spacial score (nSPS) is 17.3. The van der Waals surface area contributed by atoms with Crippen LogP contribution in [0, 0.1) is 0 Å². The highest BCUT2D eigenvalue weighted by Gasteiger charge is 2.36. The smallest absolute Gasteiger partial charge is 0.323 e. The standard InChI is InChI=1S/C19H31N3O2/c1-4-20(16-17-8-6-5-7-9-17)10-11-21-12-14-22(15-13-21)19(2,3)18(23)24/h5-9H,4,10-16H2,1-3H3,(H,23,24). The molecule has 0 aromatic heterocycles. The van der Waals surface area contributed by atoms with Crippen molar-refractivity contribution in [1.29, 1.82) is 0 Å². The van der Waals surface area contributed by atoms with E-state index in [-0.39, 0.29) is 0 Å². The third-order valence-corrected chi connectivity index (χ3v) is 5.11. The number of benzene rings is 1. The van der Waals surface area contributed by atoms with Crippen LogP contribution in [0.5, 0.6) is 0 Å². The average molecular weight is 333 g/mol. The molecular weight excluding hydrogens is 302 g/mol. The van der Waals surface area contributed by atoms with E-state index in [4.69, 9.17) is 0 Å². The topological polar surface area (TPSA) is 47.0 Å². The minimum absolute atomic E-state index is 0.740. The van der Waals surface area contributed by atoms with Gasteiger partial charge in [0.15, 0.2) is 0 Å². The summed E-state index contributed by atoms with van der Waals surface area (Å²) in [5.74, 6) is -0.740. The molecule has 0 aliphatic carbocycles. The Morgan fingerprint density at radius 2 is 1.79 bits per heavy atom. The van der Waals surface area contributed by atoms with Gasteiger partial charge in [0.2, 0.25) is 0 Å². The lowest BCUT2D eigenvalue weighted by Gasteiger charge is -2.42. The summed E-state index contributed by atoms with van der Waals surface area (Å²) in [6, 6.07) is 10.6. The molecule has 1 aliphatic heterocycles. The van der Waals surface area contributed by atoms with Crippen LogP contribution in [0.3, 0.4) is 0 Å². The Hall–Kier alpha value is -1.43. The van der Waals surface area contributed by atoms with E-state index in [1.165, 1.54) is 5.56 Å². The SMILES string of the molecule is CCN(CCN1CCN(C(C)(C)C(=O)O)CC1)Cc1ccccc1. The maximum Gasteiger partial charge on any atom is 0.323 e. The Balaban J connectivity index is 1.76. The van der Waals surface area contributed by atoms with Crippen LogP contribution in [0.4, 0.5) is 0 Å². The van der Waals surface area contributed by atoms with Crippen LogP contribution in [-0.4, -0.2) is 77.1 Å². The molecule has 1 aromatic carbocycles. The van der Waals surface area contributed by atoms with E-state index in [2.05, 4.69) is 52.0 Å². The van der Waals surface area contributed by atoms with Crippen molar-refractivity contribution in [2.75, 3.05) is 45.8 Å². The third-order valence-electron chi connectivity index (χ3n) is 5.11. The molecule has 1 N–H and O–H groups in total. The Bertz CT molecular complexity index is 511. The van der Waals surface area contributed by atoms with Crippen molar-refractivity contribution >= 4 is 5.97 Å². The first-order valence-corrected chi connectivity index (χ1v) is 8.90. The van der Waals surface area contributed by atoms with Gasteiger partial charge in [-0.3, -0.25) is 19.5 Å². The second-order valence-electron chi connectivity index (χ2n) is 7.05. The third kappa shape index (κ3) is 5.03. The molecule has 1 heterocycles. The monoisotopic (exact) mass is 333 g/mol. The van der Waals surface area contributed by atoms with Gasteiger partial charge in [-0.05, 0) is 26.0 Å². The Kier molecular flexibility index (Phi) is 6.78. The lowest BCUT2D eigenvalue weighted by molar-refractivity contribution is -0.150. The number of carboxylic acid groups (broad SMARTS) is 1. The number of hydrogen-bond acceptors (Lipinski definition) is 4. The summed E-state index contributed by atoms with van der Waals surface area (Å²) in [5, 5.41) is 9.35. The second kappa shape index (κ2) is 8.60. The van der Waals surface area contributed by atoms with Crippen LogP contribution in [0.15, 0.2) is 30.3 Å². The molecule has 0 atom stereocenters. The Labute approximate surface area is 145 Å². The first-order chi connectivity index (χ1) is 11.4. The van der Waals surface area contributed by atoms with Gasteiger partial charge in [-0.25, -0.2) is 0 Å². The second-order valence-corrected chi connectivity index (χ2v) is 7.05. The van der Waals surface area contributed by atoms with Crippen LogP contribution < -0.4 is 0 Å². The van der Waals surface area contributed by atoms with Crippen LogP contribution in [0.1, 0.15) is 26.3 Å². The summed E-state index contributed by atoms with van der Waals surface area (Å²) in [7, 11) is 0. The van der Waals surface area contributed by atoms with Gasteiger partial charge in [-0.2, -0.15) is 0 Å². The lowest BCUT2D eigenvalue weighted by atomic mass is 10.0. The van der Waals surface area contributed by atoms with E-state index in [0.29, 0.717) is 0 Å². The molecule has 0 bridgehead atoms. The van der Waals surface area contributed by atoms with Gasteiger partial charge in [0.25, 0.3) is 0 Å². The molecule has 1 aliphatic rings. The van der Waals surface area contributed by atoms with Crippen LogP contribution >= 0.6 is 0 Å². The molecule has 5 heteroatoms. The fourth-order valence-electron chi connectivity index (χ4n) is 3.14. The van der Waals surface area contributed by atoms with Gasteiger partial charge in [0.1, 0.15) is 5.54 Å². The molecule has 0 amide bonds. The van der Waals surface area contributed by atoms with Gasteiger partial charge in [-0.15, -0.1) is 0 Å². The highest BCUT2D eigenvalue weighted by molar-refractivity contribution is 5.77. The molecule has 1 saturated heterocycles. The van der Waals surface area contributed by atoms with E-state index in [0.717, 1.165) is 52.4 Å². The van der Waals surface area contributed by atoms with Crippen molar-refractivity contribution in [2.24, 2.45) is 0 Å². The Morgan fingerprint density at radius 3 is 2.33 bits per heavy atom. The molecule has 5 nitrogen and oxygen atoms in total. The van der Waals surface area contributed by atoms with Crippen molar-refractivity contribution in [1.82, 2.24) is 14.7 Å². The summed E-state index contributed by atoms with van der Waals surface area (Å²) >= 11 is 0. The Morgan fingerprint density at radius 1 is 1.17 bits per heavy atom. The van der Waals surface area contributed by atoms with Gasteiger partial charge < -0.3 is 5.11 Å². The number of likely N-dealkylation sites (N-methyl/N-ethyl adjacent to an activating group) is 1. The highest BCUT2D eigenvalue weighted by atomic mass is 16.4. The zero-order valence-corrected chi connectivity index (χ0v) is 15.2. The zero-order valence-electron chi connectivity index (χ0n) is 15.2. The van der Waals surface area contributed by atoms with Crippen LogP contribution in [0.2, 0.25) is 0 Å². The van der Waals surface area contributed by atoms with Gasteiger partial charge in [-0.1, -0.05) is 37.3 Å². The number of aliphatic carboxylic acids is 1. The van der Waals surface area contributed by atoms with Gasteiger partial charge >= 0.3 is 5.97 Å². The van der Waals surface area contributed by atoms with E-state index in [9.17, 15) is 9.90 Å². The number of carboxylic acids is 1. The minimum Gasteiger partial charge on any atom is -0.480 e. The molecule has 0 radical (unpaired) electrons. The van der Waals surface area contributed by atoms with Crippen molar-refractivity contribution < 1.29 is 9.90 Å². The van der Waals surface area contributed by atoms with E-state index >= 15 is 0 Å². The van der Waals surface area contributed by atoms with Gasteiger partial charge in [0, 0.05) is 45.8 Å². The fraction of sp³-hybridized carbons (Fsp3) is 0.632. The molecule has 0 spiro atoms. The molecule has 1 aromatic rings. The maximum atomic E-state index is 11.4. The summed E-state index contributed by atoms with van der Waals surface area (Å²) in [6.07, 6.45) is 0. The van der Waals surface area contributed by atoms with Crippen LogP contribution in [0.25, 0.3) is 0 Å². The van der Waals surface area contributed by atoms with Gasteiger partial charge in [0.05, 0.1) is 0 Å². The largest absolute Gasteiger partial charge is 0.480 e. The molecule has 24 heavy (non-hydrogen) atoms. The van der Waals surface area contributed by atoms with Crippen LogP contribution in [-0.2, 0) is 11.3 Å². The number of nitrogens with zero attached hydrogens (tertiary/aromatic N) is 3. The summed E-state index contributed by atoms with van der Waals surface area (Å²) < 4.78 is 0. The number of carbonyl (C=O) groups is 1. The molecule has 134 valence electrons. The maximum absolute atomic E-state index is 11.4. The first-order valence-electron chi connectivity index (χ1n) is 8.90.